The first-order valence-corrected chi connectivity index (χ1v) is 10.5. The van der Waals surface area contributed by atoms with Crippen LogP contribution in [0.25, 0.3) is 64.8 Å². The minimum absolute atomic E-state index is 0.974. The Morgan fingerprint density at radius 1 is 0.375 bits per heavy atom. The lowest BCUT2D eigenvalue weighted by atomic mass is 9.98. The van der Waals surface area contributed by atoms with Gasteiger partial charge in [-0.1, -0.05) is 60.7 Å². The summed E-state index contributed by atoms with van der Waals surface area (Å²) < 4.78 is 0. The normalized spacial score (nSPS) is 11.8. The predicted octanol–water partition coefficient (Wildman–Crippen LogP) is 6.75. The highest BCUT2D eigenvalue weighted by molar-refractivity contribution is 6.23. The van der Waals surface area contributed by atoms with Gasteiger partial charge in [-0.3, -0.25) is 9.97 Å². The topological polar surface area (TPSA) is 51.6 Å². The molecule has 8 aromatic rings. The molecule has 0 atom stereocenters. The van der Waals surface area contributed by atoms with Crippen molar-refractivity contribution >= 4 is 64.8 Å². The maximum atomic E-state index is 4.25. The Hall–Kier alpha value is -4.44. The van der Waals surface area contributed by atoms with E-state index in [-0.39, 0.29) is 0 Å². The van der Waals surface area contributed by atoms with Gasteiger partial charge < -0.3 is 0 Å². The van der Waals surface area contributed by atoms with Crippen molar-refractivity contribution in [3.63, 3.8) is 0 Å². The van der Waals surface area contributed by atoms with Crippen molar-refractivity contribution in [3.8, 4) is 0 Å². The molecule has 3 heterocycles. The largest absolute Gasteiger partial charge is 0.263 e. The van der Waals surface area contributed by atoms with E-state index < -0.39 is 0 Å². The summed E-state index contributed by atoms with van der Waals surface area (Å²) in [5.74, 6) is 0. The summed E-state index contributed by atoms with van der Waals surface area (Å²) in [5, 5.41) is 21.8. The van der Waals surface area contributed by atoms with Crippen LogP contribution in [-0.4, -0.2) is 20.2 Å². The lowest BCUT2D eigenvalue weighted by Crippen LogP contribution is -1.87. The number of pyridine rings is 2. The number of rotatable bonds is 0. The zero-order valence-corrected chi connectivity index (χ0v) is 17.0. The Morgan fingerprint density at radius 2 is 0.812 bits per heavy atom. The number of benzene rings is 5. The van der Waals surface area contributed by atoms with Gasteiger partial charge in [-0.15, -0.1) is 0 Å². The van der Waals surface area contributed by atoms with E-state index in [1.165, 1.54) is 53.9 Å². The maximum Gasteiger partial charge on any atom is 0.0942 e. The van der Waals surface area contributed by atoms with Gasteiger partial charge in [0, 0.05) is 67.9 Å². The molecule has 0 N–H and O–H groups in total. The van der Waals surface area contributed by atoms with Crippen molar-refractivity contribution in [1.82, 2.24) is 20.2 Å². The zero-order chi connectivity index (χ0) is 21.1. The highest BCUT2D eigenvalue weighted by atomic mass is 15.1. The van der Waals surface area contributed by atoms with Gasteiger partial charge in [0.1, 0.15) is 0 Å². The van der Waals surface area contributed by atoms with Crippen molar-refractivity contribution in [3.05, 3.63) is 97.7 Å². The minimum Gasteiger partial charge on any atom is -0.263 e. The van der Waals surface area contributed by atoms with E-state index in [0.717, 1.165) is 10.9 Å². The van der Waals surface area contributed by atoms with Crippen LogP contribution < -0.4 is 0 Å². The quantitative estimate of drug-likeness (QED) is 0.261. The minimum atomic E-state index is 0.974. The molecule has 0 radical (unpaired) electrons. The van der Waals surface area contributed by atoms with Crippen molar-refractivity contribution in [2.75, 3.05) is 0 Å². The average molecular weight is 408 g/mol. The third-order valence-corrected chi connectivity index (χ3v) is 6.29. The molecule has 8 rings (SSSR count). The molecule has 148 valence electrons. The monoisotopic (exact) mass is 408 g/mol. The van der Waals surface area contributed by atoms with E-state index >= 15 is 0 Å². The summed E-state index contributed by atoms with van der Waals surface area (Å²) in [6, 6.07) is 23.2. The van der Waals surface area contributed by atoms with Gasteiger partial charge >= 0.3 is 0 Å². The average Bonchev–Trinajstić information content (AvgIpc) is 2.87. The molecule has 0 bridgehead atoms. The van der Waals surface area contributed by atoms with Crippen LogP contribution in [-0.2, 0) is 0 Å². The molecule has 4 heteroatoms. The number of nitrogens with zero attached hydrogens (tertiary/aromatic N) is 4. The highest BCUT2D eigenvalue weighted by Crippen LogP contribution is 2.33. The van der Waals surface area contributed by atoms with Gasteiger partial charge in [-0.25, -0.2) is 0 Å². The molecule has 32 heavy (non-hydrogen) atoms. The first-order valence-electron chi connectivity index (χ1n) is 10.5. The second-order valence-corrected chi connectivity index (χ2v) is 8.09. The van der Waals surface area contributed by atoms with Crippen LogP contribution in [0.4, 0.5) is 0 Å². The van der Waals surface area contributed by atoms with Crippen LogP contribution in [0.1, 0.15) is 0 Å². The van der Waals surface area contributed by atoms with Crippen LogP contribution in [0.15, 0.2) is 97.7 Å². The molecule has 0 fully saturated rings. The summed E-state index contributed by atoms with van der Waals surface area (Å²) in [7, 11) is 0. The summed E-state index contributed by atoms with van der Waals surface area (Å²) in [6.07, 6.45) is 9.50. The van der Waals surface area contributed by atoms with Crippen LogP contribution in [0, 0.1) is 0 Å². The SMILES string of the molecule is c1cc2ccc3cnnc4ccc(c1)c2c34.c1cc2cncc3ccc4cncc1c4c23. The molecule has 0 aliphatic carbocycles. The lowest BCUT2D eigenvalue weighted by Gasteiger charge is -2.08. The fourth-order valence-corrected chi connectivity index (χ4v) is 4.86. The smallest absolute Gasteiger partial charge is 0.0942 e. The third kappa shape index (κ3) is 2.44. The molecule has 5 aromatic carbocycles. The second kappa shape index (κ2) is 6.53. The molecular weight excluding hydrogens is 392 g/mol. The van der Waals surface area contributed by atoms with Crippen molar-refractivity contribution in [1.29, 1.82) is 0 Å². The van der Waals surface area contributed by atoms with Crippen molar-refractivity contribution < 1.29 is 0 Å². The van der Waals surface area contributed by atoms with Gasteiger partial charge in [0.2, 0.25) is 0 Å². The number of hydrogen-bond acceptors (Lipinski definition) is 4. The Morgan fingerprint density at radius 3 is 1.38 bits per heavy atom. The predicted molar refractivity (Wildman–Crippen MR) is 131 cm³/mol. The van der Waals surface area contributed by atoms with E-state index in [0.29, 0.717) is 0 Å². The summed E-state index contributed by atoms with van der Waals surface area (Å²) in [4.78, 5) is 8.51. The number of hydrogen-bond donors (Lipinski definition) is 0. The molecule has 0 spiro atoms. The molecule has 0 saturated carbocycles. The first-order chi connectivity index (χ1) is 15.9. The molecule has 4 nitrogen and oxygen atoms in total. The van der Waals surface area contributed by atoms with Gasteiger partial charge in [-0.2, -0.15) is 10.2 Å². The Kier molecular flexibility index (Phi) is 3.52. The van der Waals surface area contributed by atoms with Crippen molar-refractivity contribution in [2.24, 2.45) is 0 Å². The number of aromatic nitrogens is 4. The first kappa shape index (κ1) is 17.3. The summed E-state index contributed by atoms with van der Waals surface area (Å²) in [6.45, 7) is 0. The summed E-state index contributed by atoms with van der Waals surface area (Å²) >= 11 is 0. The van der Waals surface area contributed by atoms with E-state index in [4.69, 9.17) is 0 Å². The zero-order valence-electron chi connectivity index (χ0n) is 17.0. The van der Waals surface area contributed by atoms with E-state index in [2.05, 4.69) is 80.8 Å². The molecule has 0 amide bonds. The molecule has 0 unspecified atom stereocenters. The molecule has 3 aromatic heterocycles. The Labute approximate surface area is 182 Å². The van der Waals surface area contributed by atoms with E-state index in [1.807, 2.05) is 37.1 Å². The second-order valence-electron chi connectivity index (χ2n) is 8.09. The Balaban J connectivity index is 0.000000113. The van der Waals surface area contributed by atoms with Crippen LogP contribution in [0.2, 0.25) is 0 Å². The van der Waals surface area contributed by atoms with Crippen molar-refractivity contribution in [2.45, 2.75) is 0 Å². The standard InChI is InChI=1S/2C14H8N2/c1-2-10-6-16-8-12-4-3-11-7-15-5-9(1)13(11)14(10)12;1-2-9-4-5-11-8-15-16-12-7-6-10(3-1)13(9)14(11)12/h2*1-8H. The molecular formula is C28H16N4. The molecule has 0 aliphatic heterocycles. The maximum absolute atomic E-state index is 4.25. The summed E-state index contributed by atoms with van der Waals surface area (Å²) in [5.41, 5.74) is 0.974. The van der Waals surface area contributed by atoms with Gasteiger partial charge in [-0.05, 0) is 22.2 Å². The highest BCUT2D eigenvalue weighted by Gasteiger charge is 2.08. The molecule has 0 saturated heterocycles. The Bertz CT molecular complexity index is 1490. The fourth-order valence-electron chi connectivity index (χ4n) is 4.86. The van der Waals surface area contributed by atoms with Crippen LogP contribution >= 0.6 is 0 Å². The van der Waals surface area contributed by atoms with Gasteiger partial charge in [0.25, 0.3) is 0 Å². The third-order valence-electron chi connectivity index (χ3n) is 6.29. The van der Waals surface area contributed by atoms with Gasteiger partial charge in [0.05, 0.1) is 11.7 Å². The van der Waals surface area contributed by atoms with Crippen LogP contribution in [0.5, 0.6) is 0 Å². The van der Waals surface area contributed by atoms with Gasteiger partial charge in [0.15, 0.2) is 0 Å². The van der Waals surface area contributed by atoms with E-state index in [9.17, 15) is 0 Å². The fraction of sp³-hybridized carbons (Fsp3) is 0. The molecule has 0 aliphatic rings. The van der Waals surface area contributed by atoms with Crippen LogP contribution in [0.3, 0.4) is 0 Å². The lowest BCUT2D eigenvalue weighted by molar-refractivity contribution is 1.09. The van der Waals surface area contributed by atoms with E-state index in [1.54, 1.807) is 0 Å².